The maximum Gasteiger partial charge on any atom is 0.338 e. The number of benzene rings is 3. The third-order valence-corrected chi connectivity index (χ3v) is 10.1. The van der Waals surface area contributed by atoms with Gasteiger partial charge in [-0.15, -0.1) is 10.2 Å². The number of aromatic nitrogens is 4. The van der Waals surface area contributed by atoms with Crippen LogP contribution in [0.2, 0.25) is 5.02 Å². The number of allylic oxidation sites excluding steroid dienone is 1. The van der Waals surface area contributed by atoms with E-state index in [9.17, 15) is 19.7 Å². The molecule has 0 unspecified atom stereocenters. The summed E-state index contributed by atoms with van der Waals surface area (Å²) in [5, 5.41) is 21.8. The molecule has 2 aromatic heterocycles. The van der Waals surface area contributed by atoms with E-state index in [1.807, 2.05) is 29.7 Å². The van der Waals surface area contributed by atoms with Gasteiger partial charge in [-0.25, -0.2) is 9.79 Å². The largest absolute Gasteiger partial charge is 0.497 e. The number of ether oxygens (including phenoxy) is 2. The summed E-state index contributed by atoms with van der Waals surface area (Å²) in [7, 11) is 1.54. The zero-order valence-corrected chi connectivity index (χ0v) is 30.0. The van der Waals surface area contributed by atoms with E-state index in [4.69, 9.17) is 21.1 Å². The van der Waals surface area contributed by atoms with Crippen LogP contribution < -0.4 is 19.6 Å². The molecule has 0 bridgehead atoms. The average molecular weight is 731 g/mol. The Morgan fingerprint density at radius 1 is 1.14 bits per heavy atom. The van der Waals surface area contributed by atoms with Crippen molar-refractivity contribution in [3.8, 4) is 17.1 Å². The molecule has 0 radical (unpaired) electrons. The maximum absolute atomic E-state index is 14.3. The molecule has 256 valence electrons. The Hall–Kier alpha value is -5.05. The third kappa shape index (κ3) is 6.86. The number of nitro groups is 1. The maximum atomic E-state index is 14.3. The second kappa shape index (κ2) is 14.4. The zero-order valence-electron chi connectivity index (χ0n) is 27.6. The number of halogens is 1. The lowest BCUT2D eigenvalue weighted by Crippen LogP contribution is -2.40. The van der Waals surface area contributed by atoms with Crippen molar-refractivity contribution >= 4 is 52.4 Å². The molecule has 12 nitrogen and oxygen atoms in total. The summed E-state index contributed by atoms with van der Waals surface area (Å²) in [6, 6.07) is 18.0. The molecule has 3 heterocycles. The second-order valence-electron chi connectivity index (χ2n) is 11.5. The number of rotatable bonds is 10. The first kappa shape index (κ1) is 34.8. The van der Waals surface area contributed by atoms with Crippen molar-refractivity contribution in [2.75, 3.05) is 7.11 Å². The van der Waals surface area contributed by atoms with Crippen LogP contribution >= 0.6 is 34.7 Å². The first-order valence-corrected chi connectivity index (χ1v) is 17.5. The lowest BCUT2D eigenvalue weighted by Gasteiger charge is -2.25. The zero-order chi connectivity index (χ0) is 35.7. The smallest absolute Gasteiger partial charge is 0.338 e. The Labute approximate surface area is 299 Å². The average Bonchev–Trinajstić information content (AvgIpc) is 3.63. The number of thiazole rings is 1. The number of methoxy groups -OCH3 is 1. The van der Waals surface area contributed by atoms with Crippen molar-refractivity contribution in [1.29, 1.82) is 0 Å². The number of fused-ring (bicyclic) bond motifs is 1. The minimum absolute atomic E-state index is 0.145. The molecule has 0 saturated heterocycles. The predicted molar refractivity (Wildman–Crippen MR) is 191 cm³/mol. The van der Waals surface area contributed by atoms with Crippen molar-refractivity contribution in [3.05, 3.63) is 124 Å². The van der Waals surface area contributed by atoms with Crippen molar-refractivity contribution in [3.63, 3.8) is 0 Å². The SMILES string of the molecule is CCn1c(Sc2ccc([N+](=O)[O-])cc2/C=c2\sc3n(c2=O)[C@@H](c2cccc(OC)c2)C(C(=O)OC(C)C)=C(C)N=3)nnc1-c1cccc(Cl)c1. The van der Waals surface area contributed by atoms with Crippen LogP contribution in [0.25, 0.3) is 17.5 Å². The molecule has 1 atom stereocenters. The fraction of sp³-hybridized carbons (Fsp3) is 0.229. The number of hydrogen-bond acceptors (Lipinski definition) is 11. The molecule has 0 saturated carbocycles. The van der Waals surface area contributed by atoms with Gasteiger partial charge >= 0.3 is 5.97 Å². The van der Waals surface area contributed by atoms with Crippen LogP contribution in [0, 0.1) is 10.1 Å². The first-order valence-electron chi connectivity index (χ1n) is 15.5. The van der Waals surface area contributed by atoms with E-state index in [0.717, 1.165) is 16.9 Å². The highest BCUT2D eigenvalue weighted by Crippen LogP contribution is 2.35. The molecular formula is C35H31ClN6O6S2. The van der Waals surface area contributed by atoms with E-state index in [-0.39, 0.29) is 15.8 Å². The molecular weight excluding hydrogens is 700 g/mol. The van der Waals surface area contributed by atoms with Crippen LogP contribution in [-0.2, 0) is 16.1 Å². The first-order chi connectivity index (χ1) is 24.0. The highest BCUT2D eigenvalue weighted by Gasteiger charge is 2.34. The number of carbonyl (C=O) groups is 1. The normalized spacial score (nSPS) is 14.5. The quantitative estimate of drug-likeness (QED) is 0.0934. The lowest BCUT2D eigenvalue weighted by molar-refractivity contribution is -0.384. The fourth-order valence-electron chi connectivity index (χ4n) is 5.57. The molecule has 0 aliphatic carbocycles. The van der Waals surface area contributed by atoms with Crippen LogP contribution in [0.1, 0.15) is 44.9 Å². The van der Waals surface area contributed by atoms with E-state index in [0.29, 0.717) is 54.8 Å². The van der Waals surface area contributed by atoms with Crippen LogP contribution in [0.15, 0.2) is 97.8 Å². The van der Waals surface area contributed by atoms with Gasteiger partial charge in [-0.3, -0.25) is 19.5 Å². The molecule has 5 aromatic rings. The van der Waals surface area contributed by atoms with Crippen LogP contribution in [0.5, 0.6) is 5.75 Å². The Kier molecular flexibility index (Phi) is 10.0. The van der Waals surface area contributed by atoms with Gasteiger partial charge in [-0.05, 0) is 87.0 Å². The van der Waals surface area contributed by atoms with Gasteiger partial charge in [-0.2, -0.15) is 0 Å². The van der Waals surface area contributed by atoms with E-state index >= 15 is 0 Å². The lowest BCUT2D eigenvalue weighted by atomic mass is 9.95. The number of nitro benzene ring substituents is 1. The Balaban J connectivity index is 1.50. The van der Waals surface area contributed by atoms with Gasteiger partial charge in [0, 0.05) is 34.2 Å². The molecule has 0 spiro atoms. The predicted octanol–water partition coefficient (Wildman–Crippen LogP) is 6.19. The molecule has 15 heteroatoms. The van der Waals surface area contributed by atoms with Gasteiger partial charge in [0.1, 0.15) is 5.75 Å². The summed E-state index contributed by atoms with van der Waals surface area (Å²) in [5.74, 6) is 0.583. The van der Waals surface area contributed by atoms with E-state index in [2.05, 4.69) is 15.2 Å². The summed E-state index contributed by atoms with van der Waals surface area (Å²) < 4.78 is 14.7. The Bertz CT molecular complexity index is 2360. The summed E-state index contributed by atoms with van der Waals surface area (Å²) in [5.41, 5.74) is 1.92. The Morgan fingerprint density at radius 2 is 1.92 bits per heavy atom. The third-order valence-electron chi connectivity index (χ3n) is 7.80. The molecule has 0 N–H and O–H groups in total. The minimum Gasteiger partial charge on any atom is -0.497 e. The fourth-order valence-corrected chi connectivity index (χ4v) is 7.78. The van der Waals surface area contributed by atoms with Gasteiger partial charge < -0.3 is 14.0 Å². The van der Waals surface area contributed by atoms with E-state index in [1.165, 1.54) is 35.6 Å². The van der Waals surface area contributed by atoms with Gasteiger partial charge in [0.15, 0.2) is 15.8 Å². The molecule has 50 heavy (non-hydrogen) atoms. The van der Waals surface area contributed by atoms with Crippen LogP contribution in [0.3, 0.4) is 0 Å². The van der Waals surface area contributed by atoms with Crippen molar-refractivity contribution in [2.24, 2.45) is 4.99 Å². The van der Waals surface area contributed by atoms with Gasteiger partial charge in [-0.1, -0.05) is 47.2 Å². The highest BCUT2D eigenvalue weighted by molar-refractivity contribution is 7.99. The Morgan fingerprint density at radius 3 is 2.62 bits per heavy atom. The number of hydrogen-bond donors (Lipinski definition) is 0. The molecule has 6 rings (SSSR count). The number of esters is 1. The summed E-state index contributed by atoms with van der Waals surface area (Å²) in [4.78, 5) is 44.8. The minimum atomic E-state index is -0.860. The second-order valence-corrected chi connectivity index (χ2v) is 13.9. The van der Waals surface area contributed by atoms with Gasteiger partial charge in [0.05, 0.1) is 40.0 Å². The summed E-state index contributed by atoms with van der Waals surface area (Å²) in [6.07, 6.45) is 1.21. The standard InChI is InChI=1S/C35H31ClN6O6S2/c1-6-40-31(22-10-7-11-24(36)15-22)38-39-35(40)49-27-14-13-25(42(45)46)16-23(27)18-28-32(43)41-30(21-9-8-12-26(17-21)47-5)29(33(44)48-19(2)3)20(4)37-34(41)50-28/h7-19,30H,6H2,1-5H3/b28-18-/t30-/m0/s1. The molecule has 1 aliphatic rings. The van der Waals surface area contributed by atoms with Crippen LogP contribution in [0.4, 0.5) is 5.69 Å². The molecule has 0 fully saturated rings. The number of carbonyl (C=O) groups excluding carboxylic acids is 1. The molecule has 0 amide bonds. The van der Waals surface area contributed by atoms with Crippen molar-refractivity contribution in [2.45, 2.75) is 56.4 Å². The van der Waals surface area contributed by atoms with Gasteiger partial charge in [0.2, 0.25) is 0 Å². The number of non-ortho nitro benzene ring substituents is 1. The van der Waals surface area contributed by atoms with Crippen LogP contribution in [-0.4, -0.2) is 43.4 Å². The number of nitrogens with zero attached hydrogens (tertiary/aromatic N) is 6. The van der Waals surface area contributed by atoms with E-state index in [1.54, 1.807) is 63.2 Å². The van der Waals surface area contributed by atoms with Crippen molar-refractivity contribution < 1.29 is 19.2 Å². The molecule has 1 aliphatic heterocycles. The monoisotopic (exact) mass is 730 g/mol. The van der Waals surface area contributed by atoms with Crippen molar-refractivity contribution in [1.82, 2.24) is 19.3 Å². The summed E-state index contributed by atoms with van der Waals surface area (Å²) in [6.45, 7) is 7.71. The van der Waals surface area contributed by atoms with Gasteiger partial charge in [0.25, 0.3) is 11.2 Å². The summed E-state index contributed by atoms with van der Waals surface area (Å²) >= 11 is 8.63. The topological polar surface area (TPSA) is 144 Å². The molecule has 3 aromatic carbocycles. The van der Waals surface area contributed by atoms with E-state index < -0.39 is 28.6 Å². The highest BCUT2D eigenvalue weighted by atomic mass is 35.5.